The fraction of sp³-hybridized carbons (Fsp3) is 0.818. The third kappa shape index (κ3) is 8.50. The molecule has 0 aromatic carbocycles. The Bertz CT molecular complexity index is 244. The van der Waals surface area contributed by atoms with Crippen LogP contribution in [0, 0.1) is 5.92 Å². The van der Waals surface area contributed by atoms with E-state index in [4.69, 9.17) is 5.73 Å². The van der Waals surface area contributed by atoms with E-state index in [1.807, 2.05) is 6.92 Å². The number of nitrogens with one attached hydrogen (secondary N) is 2. The van der Waals surface area contributed by atoms with Gasteiger partial charge in [-0.15, -0.1) is 0 Å². The van der Waals surface area contributed by atoms with Crippen LogP contribution in [0.25, 0.3) is 0 Å². The molecule has 0 saturated heterocycles. The van der Waals surface area contributed by atoms with E-state index >= 15 is 0 Å². The molecule has 0 aromatic rings. The second kappa shape index (κ2) is 8.81. The zero-order valence-electron chi connectivity index (χ0n) is 11.0. The highest BCUT2D eigenvalue weighted by Gasteiger charge is 2.05. The molecule has 0 aliphatic heterocycles. The number of amides is 3. The maximum Gasteiger partial charge on any atom is 0.316 e. The molecule has 0 aliphatic rings. The van der Waals surface area contributed by atoms with Crippen LogP contribution in [0.15, 0.2) is 0 Å². The molecule has 1 unspecified atom stereocenters. The summed E-state index contributed by atoms with van der Waals surface area (Å²) in [4.78, 5) is 23.9. The Morgan fingerprint density at radius 1 is 1.24 bits per heavy atom. The summed E-state index contributed by atoms with van der Waals surface area (Å²) in [5.74, 6) is 0.374. The summed E-state index contributed by atoms with van der Waals surface area (Å²) in [7, 11) is 3.34. The lowest BCUT2D eigenvalue weighted by Gasteiger charge is -2.12. The first-order valence-electron chi connectivity index (χ1n) is 5.89. The van der Waals surface area contributed by atoms with Gasteiger partial charge in [0.15, 0.2) is 0 Å². The van der Waals surface area contributed by atoms with Crippen molar-refractivity contribution in [1.82, 2.24) is 15.5 Å². The van der Waals surface area contributed by atoms with Crippen molar-refractivity contribution in [3.8, 4) is 0 Å². The quantitative estimate of drug-likeness (QED) is 0.540. The number of nitrogens with zero attached hydrogens (tertiary/aromatic N) is 1. The minimum absolute atomic E-state index is 0.00408. The van der Waals surface area contributed by atoms with Gasteiger partial charge in [-0.3, -0.25) is 4.79 Å². The predicted molar refractivity (Wildman–Crippen MR) is 67.5 cm³/mol. The highest BCUT2D eigenvalue weighted by atomic mass is 16.2. The average molecular weight is 244 g/mol. The molecule has 6 nitrogen and oxygen atoms in total. The van der Waals surface area contributed by atoms with Crippen molar-refractivity contribution in [2.45, 2.75) is 19.8 Å². The first-order valence-corrected chi connectivity index (χ1v) is 5.89. The number of nitrogens with two attached hydrogens (primary N) is 1. The number of carbonyl (C=O) groups is 2. The first kappa shape index (κ1) is 15.7. The fourth-order valence-electron chi connectivity index (χ4n) is 1.11. The van der Waals surface area contributed by atoms with Crippen molar-refractivity contribution in [1.29, 1.82) is 0 Å². The second-order valence-electron chi connectivity index (χ2n) is 4.36. The second-order valence-corrected chi connectivity index (χ2v) is 4.36. The van der Waals surface area contributed by atoms with Gasteiger partial charge < -0.3 is 21.3 Å². The summed E-state index contributed by atoms with van der Waals surface area (Å²) in [6, 6.07) is -0.156. The van der Waals surface area contributed by atoms with Crippen LogP contribution in [-0.4, -0.2) is 50.6 Å². The zero-order valence-corrected chi connectivity index (χ0v) is 11.0. The molecule has 6 heteroatoms. The van der Waals surface area contributed by atoms with E-state index in [9.17, 15) is 9.59 Å². The Labute approximate surface area is 103 Å². The van der Waals surface area contributed by atoms with Crippen molar-refractivity contribution in [3.05, 3.63) is 0 Å². The van der Waals surface area contributed by atoms with Gasteiger partial charge in [0.25, 0.3) is 0 Å². The number of hydrogen-bond donors (Lipinski definition) is 3. The standard InChI is InChI=1S/C11H24N4O2/c1-9(8-12)4-5-10(16)13-6-7-14-11(17)15(2)3/h9H,4-8,12H2,1-3H3,(H,13,16)(H,14,17). The normalized spacial score (nSPS) is 11.8. The maximum atomic E-state index is 11.4. The Hall–Kier alpha value is -1.30. The van der Waals surface area contributed by atoms with Gasteiger partial charge in [0.05, 0.1) is 0 Å². The Morgan fingerprint density at radius 3 is 2.35 bits per heavy atom. The molecule has 100 valence electrons. The molecular formula is C11H24N4O2. The van der Waals surface area contributed by atoms with E-state index < -0.39 is 0 Å². The van der Waals surface area contributed by atoms with Crippen LogP contribution in [0.1, 0.15) is 19.8 Å². The van der Waals surface area contributed by atoms with Crippen LogP contribution in [0.4, 0.5) is 4.79 Å². The van der Waals surface area contributed by atoms with Gasteiger partial charge in [0.2, 0.25) is 5.91 Å². The largest absolute Gasteiger partial charge is 0.354 e. The summed E-state index contributed by atoms with van der Waals surface area (Å²) in [6.07, 6.45) is 1.28. The van der Waals surface area contributed by atoms with Crippen LogP contribution in [0.3, 0.4) is 0 Å². The van der Waals surface area contributed by atoms with Crippen LogP contribution >= 0.6 is 0 Å². The van der Waals surface area contributed by atoms with Gasteiger partial charge in [-0.2, -0.15) is 0 Å². The molecule has 0 bridgehead atoms. The SMILES string of the molecule is CC(CN)CCC(=O)NCCNC(=O)N(C)C. The van der Waals surface area contributed by atoms with E-state index in [-0.39, 0.29) is 11.9 Å². The van der Waals surface area contributed by atoms with E-state index in [0.717, 1.165) is 6.42 Å². The summed E-state index contributed by atoms with van der Waals surface area (Å²) >= 11 is 0. The van der Waals surface area contributed by atoms with Gasteiger partial charge >= 0.3 is 6.03 Å². The monoisotopic (exact) mass is 244 g/mol. The lowest BCUT2D eigenvalue weighted by atomic mass is 10.1. The van der Waals surface area contributed by atoms with Crippen molar-refractivity contribution >= 4 is 11.9 Å². The lowest BCUT2D eigenvalue weighted by Crippen LogP contribution is -2.39. The van der Waals surface area contributed by atoms with Gasteiger partial charge in [-0.1, -0.05) is 6.92 Å². The van der Waals surface area contributed by atoms with E-state index in [1.54, 1.807) is 14.1 Å². The molecule has 0 aromatic heterocycles. The molecular weight excluding hydrogens is 220 g/mol. The lowest BCUT2D eigenvalue weighted by molar-refractivity contribution is -0.121. The van der Waals surface area contributed by atoms with Crippen molar-refractivity contribution in [3.63, 3.8) is 0 Å². The van der Waals surface area contributed by atoms with Gasteiger partial charge in [0, 0.05) is 33.6 Å². The molecule has 4 N–H and O–H groups in total. The summed E-state index contributed by atoms with van der Waals surface area (Å²) in [5.41, 5.74) is 5.46. The van der Waals surface area contributed by atoms with Gasteiger partial charge in [0.1, 0.15) is 0 Å². The van der Waals surface area contributed by atoms with Crippen LogP contribution in [0.2, 0.25) is 0 Å². The fourth-order valence-corrected chi connectivity index (χ4v) is 1.11. The summed E-state index contributed by atoms with van der Waals surface area (Å²) in [6.45, 7) is 3.52. The third-order valence-electron chi connectivity index (χ3n) is 2.40. The van der Waals surface area contributed by atoms with Gasteiger partial charge in [-0.05, 0) is 18.9 Å². The number of rotatable bonds is 7. The molecule has 0 heterocycles. The Morgan fingerprint density at radius 2 is 1.82 bits per heavy atom. The molecule has 0 aliphatic carbocycles. The number of hydrogen-bond acceptors (Lipinski definition) is 3. The maximum absolute atomic E-state index is 11.4. The minimum Gasteiger partial charge on any atom is -0.354 e. The van der Waals surface area contributed by atoms with Crippen molar-refractivity contribution in [2.75, 3.05) is 33.7 Å². The summed E-state index contributed by atoms with van der Waals surface area (Å²) < 4.78 is 0. The predicted octanol–water partition coefficient (Wildman–Crippen LogP) is -0.251. The molecule has 0 rings (SSSR count). The molecule has 0 radical (unpaired) electrons. The average Bonchev–Trinajstić information content (AvgIpc) is 2.30. The number of carbonyl (C=O) groups excluding carboxylic acids is 2. The van der Waals surface area contributed by atoms with Crippen LogP contribution in [0.5, 0.6) is 0 Å². The van der Waals surface area contributed by atoms with Crippen molar-refractivity contribution in [2.24, 2.45) is 11.7 Å². The van der Waals surface area contributed by atoms with Crippen LogP contribution in [-0.2, 0) is 4.79 Å². The number of urea groups is 1. The third-order valence-corrected chi connectivity index (χ3v) is 2.40. The highest BCUT2D eigenvalue weighted by Crippen LogP contribution is 2.02. The molecule has 17 heavy (non-hydrogen) atoms. The van der Waals surface area contributed by atoms with Crippen LogP contribution < -0.4 is 16.4 Å². The molecule has 1 atom stereocenters. The molecule has 0 fully saturated rings. The Kier molecular flexibility index (Phi) is 8.13. The summed E-state index contributed by atoms with van der Waals surface area (Å²) in [5, 5.41) is 5.41. The van der Waals surface area contributed by atoms with Crippen molar-refractivity contribution < 1.29 is 9.59 Å². The Balaban J connectivity index is 3.49. The smallest absolute Gasteiger partial charge is 0.316 e. The van der Waals surface area contributed by atoms with Gasteiger partial charge in [-0.25, -0.2) is 4.79 Å². The molecule has 0 saturated carbocycles. The molecule has 0 spiro atoms. The van der Waals surface area contributed by atoms with E-state index in [2.05, 4.69) is 10.6 Å². The van der Waals surface area contributed by atoms with E-state index in [0.29, 0.717) is 32.0 Å². The minimum atomic E-state index is -0.156. The molecule has 3 amide bonds. The highest BCUT2D eigenvalue weighted by molar-refractivity contribution is 5.76. The first-order chi connectivity index (χ1) is 7.97. The van der Waals surface area contributed by atoms with E-state index in [1.165, 1.54) is 4.90 Å². The topological polar surface area (TPSA) is 87.5 Å². The zero-order chi connectivity index (χ0) is 13.3.